The van der Waals surface area contributed by atoms with Crippen LogP contribution in [-0.4, -0.2) is 112 Å². The van der Waals surface area contributed by atoms with E-state index in [0.29, 0.717) is 55.8 Å². The Bertz CT molecular complexity index is 1890. The molecule has 3 aromatic rings. The fourth-order valence-electron chi connectivity index (χ4n) is 5.03. The van der Waals surface area contributed by atoms with Gasteiger partial charge in [0.25, 0.3) is 15.9 Å². The largest absolute Gasteiger partial charge is 0.480 e. The highest BCUT2D eigenvalue weighted by atomic mass is 32.2. The van der Waals surface area contributed by atoms with E-state index in [1.54, 1.807) is 6.07 Å². The van der Waals surface area contributed by atoms with E-state index in [1.165, 1.54) is 48.8 Å². The second kappa shape index (κ2) is 25.4. The molecule has 0 fully saturated rings. The number of hydrogen-bond donors (Lipinski definition) is 3. The van der Waals surface area contributed by atoms with Crippen molar-refractivity contribution in [2.45, 2.75) is 76.2 Å². The summed E-state index contributed by atoms with van der Waals surface area (Å²) in [5, 5.41) is 11.1. The number of ether oxygens (including phenoxy) is 6. The first-order valence-electron chi connectivity index (χ1n) is 19.1. The Morgan fingerprint density at radius 3 is 2.08 bits per heavy atom. The smallest absolute Gasteiger partial charge is 0.329 e. The van der Waals surface area contributed by atoms with Crippen molar-refractivity contribution in [3.63, 3.8) is 0 Å². The van der Waals surface area contributed by atoms with Crippen LogP contribution in [0.1, 0.15) is 75.2 Å². The lowest BCUT2D eigenvalue weighted by molar-refractivity contribution is -0.155. The van der Waals surface area contributed by atoms with Gasteiger partial charge in [0.15, 0.2) is 5.78 Å². The quantitative estimate of drug-likeness (QED) is 0.0625. The number of nitrogens with zero attached hydrogens (tertiary/aromatic N) is 2. The number of sulfonamides is 1. The predicted molar refractivity (Wildman–Crippen MR) is 211 cm³/mol. The molecule has 0 saturated heterocycles. The number of carbonyl (C=O) groups is 4. The molecule has 0 aliphatic carbocycles. The summed E-state index contributed by atoms with van der Waals surface area (Å²) in [4.78, 5) is 54.4. The van der Waals surface area contributed by atoms with Crippen LogP contribution >= 0.6 is 0 Å². The zero-order valence-corrected chi connectivity index (χ0v) is 34.4. The summed E-state index contributed by atoms with van der Waals surface area (Å²) in [5.41, 5.74) is 0.0217. The van der Waals surface area contributed by atoms with Gasteiger partial charge in [-0.25, -0.2) is 32.3 Å². The number of unbranched alkanes of at least 4 members (excludes halogenated alkanes) is 2. The Hall–Kier alpha value is -5.08. The number of Topliss-reactive ketones (excluding diaryl/α,β-unsaturated/α-hetero) is 1. The molecular weight excluding hydrogens is 796 g/mol. The highest BCUT2D eigenvalue weighted by Gasteiger charge is 2.18. The number of amides is 1. The van der Waals surface area contributed by atoms with E-state index in [0.717, 1.165) is 6.42 Å². The molecule has 0 bridgehead atoms. The number of aromatic nitrogens is 2. The van der Waals surface area contributed by atoms with Crippen molar-refractivity contribution in [3.8, 4) is 11.5 Å². The van der Waals surface area contributed by atoms with Crippen LogP contribution < -0.4 is 14.8 Å². The minimum absolute atomic E-state index is 0.0705. The van der Waals surface area contributed by atoms with Crippen LogP contribution in [0.4, 0.5) is 10.3 Å². The van der Waals surface area contributed by atoms with Crippen molar-refractivity contribution in [1.29, 1.82) is 0 Å². The number of carboxylic acid groups (broad SMARTS) is 1. The maximum atomic E-state index is 14.5. The van der Waals surface area contributed by atoms with E-state index in [-0.39, 0.29) is 93.2 Å². The minimum Gasteiger partial charge on any atom is -0.480 e. The van der Waals surface area contributed by atoms with Crippen LogP contribution in [0.25, 0.3) is 0 Å². The average molecular weight is 849 g/mol. The van der Waals surface area contributed by atoms with Crippen molar-refractivity contribution in [3.05, 3.63) is 71.8 Å². The van der Waals surface area contributed by atoms with E-state index in [1.807, 2.05) is 20.8 Å². The molecular formula is C40H53FN4O13S. The number of nitrogens with one attached hydrogen (secondary N) is 2. The lowest BCUT2D eigenvalue weighted by atomic mass is 10.1. The molecule has 1 heterocycles. The van der Waals surface area contributed by atoms with Gasteiger partial charge in [-0.15, -0.1) is 0 Å². The third-order valence-corrected chi connectivity index (χ3v) is 9.13. The van der Waals surface area contributed by atoms with Crippen LogP contribution in [0.15, 0.2) is 59.8 Å². The Balaban J connectivity index is 1.31. The Morgan fingerprint density at radius 1 is 0.763 bits per heavy atom. The van der Waals surface area contributed by atoms with E-state index < -0.39 is 27.5 Å². The maximum absolute atomic E-state index is 14.5. The molecule has 0 radical (unpaired) electrons. The monoisotopic (exact) mass is 848 g/mol. The van der Waals surface area contributed by atoms with Gasteiger partial charge in [-0.2, -0.15) is 0 Å². The van der Waals surface area contributed by atoms with Crippen molar-refractivity contribution < 1.29 is 65.5 Å². The van der Waals surface area contributed by atoms with Crippen LogP contribution in [0.5, 0.6) is 11.5 Å². The number of carboxylic acids is 1. The Labute approximate surface area is 343 Å². The van der Waals surface area contributed by atoms with Crippen LogP contribution in [-0.2, 0) is 54.5 Å². The molecule has 59 heavy (non-hydrogen) atoms. The molecule has 1 aromatic heterocycles. The first kappa shape index (κ1) is 48.3. The van der Waals surface area contributed by atoms with Gasteiger partial charge >= 0.3 is 11.9 Å². The summed E-state index contributed by atoms with van der Waals surface area (Å²) in [5.74, 6) is -1.83. The second-order valence-electron chi connectivity index (χ2n) is 14.0. The standard InChI is InChI=1S/C40H53FN4O13S/c1-40(2,3)58-37(49)10-6-4-5-8-29-24-33(13-16-35(29)41)57-32-11-14-34(15-12-32)59(51,52)45-39-43-25-30(26-44-39)38(50)42-17-19-54-21-22-55-27-31(46)9-7-18-53-20-23-56-28-36(47)48/h11-16,24-26H,4-10,17-23,27-28H2,1-3H3,(H,42,50)(H,47,48)(H,43,44,45). The second-order valence-corrected chi connectivity index (χ2v) is 15.7. The van der Waals surface area contributed by atoms with Gasteiger partial charge in [0.1, 0.15) is 36.1 Å². The fraction of sp³-hybridized carbons (Fsp3) is 0.500. The molecule has 3 rings (SSSR count). The number of esters is 1. The third kappa shape index (κ3) is 20.4. The van der Waals surface area contributed by atoms with Gasteiger partial charge < -0.3 is 38.8 Å². The van der Waals surface area contributed by atoms with Gasteiger partial charge in [-0.1, -0.05) is 6.42 Å². The van der Waals surface area contributed by atoms with E-state index >= 15 is 0 Å². The average Bonchev–Trinajstić information content (AvgIpc) is 3.17. The molecule has 0 spiro atoms. The third-order valence-electron chi connectivity index (χ3n) is 7.78. The number of carbonyl (C=O) groups excluding carboxylic acids is 3. The molecule has 0 aliphatic rings. The predicted octanol–water partition coefficient (Wildman–Crippen LogP) is 4.88. The van der Waals surface area contributed by atoms with E-state index in [2.05, 4.69) is 20.0 Å². The van der Waals surface area contributed by atoms with Crippen molar-refractivity contribution >= 4 is 39.6 Å². The summed E-state index contributed by atoms with van der Waals surface area (Å²) in [6.45, 7) is 6.44. The number of ketones is 1. The molecule has 17 nitrogen and oxygen atoms in total. The molecule has 0 unspecified atom stereocenters. The SMILES string of the molecule is CC(C)(C)OC(=O)CCCCCc1cc(Oc2ccc(S(=O)(=O)Nc3ncc(C(=O)NCCOCCOCC(=O)CCCOCCOCC(=O)O)cn3)cc2)ccc1F. The number of halogens is 1. The summed E-state index contributed by atoms with van der Waals surface area (Å²) < 4.78 is 74.7. The number of benzene rings is 2. The Kier molecular flexibility index (Phi) is 20.8. The summed E-state index contributed by atoms with van der Waals surface area (Å²) in [7, 11) is -4.10. The van der Waals surface area contributed by atoms with Crippen LogP contribution in [0, 0.1) is 5.82 Å². The van der Waals surface area contributed by atoms with Gasteiger partial charge in [0, 0.05) is 38.4 Å². The van der Waals surface area contributed by atoms with Gasteiger partial charge in [-0.3, -0.25) is 14.4 Å². The van der Waals surface area contributed by atoms with Gasteiger partial charge in [0.05, 0.1) is 43.5 Å². The molecule has 19 heteroatoms. The van der Waals surface area contributed by atoms with Crippen molar-refractivity contribution in [1.82, 2.24) is 15.3 Å². The molecule has 1 amide bonds. The lowest BCUT2D eigenvalue weighted by Crippen LogP contribution is -2.28. The zero-order valence-electron chi connectivity index (χ0n) is 33.5. The van der Waals surface area contributed by atoms with E-state index in [4.69, 9.17) is 33.5 Å². The van der Waals surface area contributed by atoms with Crippen LogP contribution in [0.2, 0.25) is 0 Å². The summed E-state index contributed by atoms with van der Waals surface area (Å²) >= 11 is 0. The van der Waals surface area contributed by atoms with Crippen molar-refractivity contribution in [2.24, 2.45) is 0 Å². The highest BCUT2D eigenvalue weighted by molar-refractivity contribution is 7.92. The maximum Gasteiger partial charge on any atom is 0.329 e. The first-order valence-corrected chi connectivity index (χ1v) is 20.6. The topological polar surface area (TPSA) is 228 Å². The van der Waals surface area contributed by atoms with E-state index in [9.17, 15) is 32.0 Å². The number of aliphatic carboxylic acids is 1. The zero-order chi connectivity index (χ0) is 43.1. The number of hydrogen-bond acceptors (Lipinski definition) is 14. The number of rotatable bonds is 29. The number of aryl methyl sites for hydroxylation is 1. The Morgan fingerprint density at radius 2 is 1.41 bits per heavy atom. The summed E-state index contributed by atoms with van der Waals surface area (Å²) in [6.07, 6.45) is 5.90. The minimum atomic E-state index is -4.10. The number of anilines is 1. The van der Waals surface area contributed by atoms with Crippen molar-refractivity contribution in [2.75, 3.05) is 64.1 Å². The lowest BCUT2D eigenvalue weighted by Gasteiger charge is -2.19. The van der Waals surface area contributed by atoms with Gasteiger partial charge in [-0.05, 0) is 94.5 Å². The molecule has 0 aliphatic heterocycles. The first-order chi connectivity index (χ1) is 28.1. The normalized spacial score (nSPS) is 11.5. The molecule has 2 aromatic carbocycles. The summed E-state index contributed by atoms with van der Waals surface area (Å²) in [6, 6.07) is 9.94. The fourth-order valence-corrected chi connectivity index (χ4v) is 5.99. The highest BCUT2D eigenvalue weighted by Crippen LogP contribution is 2.26. The molecule has 3 N–H and O–H groups in total. The van der Waals surface area contributed by atoms with Crippen LogP contribution in [0.3, 0.4) is 0 Å². The van der Waals surface area contributed by atoms with Gasteiger partial charge in [0.2, 0.25) is 5.95 Å². The molecule has 0 atom stereocenters. The molecule has 324 valence electrons. The molecule has 0 saturated carbocycles.